The van der Waals surface area contributed by atoms with E-state index in [0.717, 1.165) is 5.56 Å². The van der Waals surface area contributed by atoms with E-state index in [1.165, 1.54) is 32.0 Å². The van der Waals surface area contributed by atoms with Crippen molar-refractivity contribution >= 4 is 5.91 Å². The molecule has 8 nitrogen and oxygen atoms in total. The first-order valence-electron chi connectivity index (χ1n) is 9.76. The third-order valence-corrected chi connectivity index (χ3v) is 4.89. The number of hydrogen-bond donors (Lipinski definition) is 1. The van der Waals surface area contributed by atoms with Crippen LogP contribution < -0.4 is 25.1 Å². The lowest BCUT2D eigenvalue weighted by Gasteiger charge is -2.17. The second-order valence-corrected chi connectivity index (χ2v) is 6.83. The Kier molecular flexibility index (Phi) is 7.13. The summed E-state index contributed by atoms with van der Waals surface area (Å²) in [4.78, 5) is 25.8. The van der Waals surface area contributed by atoms with Crippen LogP contribution in [0.15, 0.2) is 65.6 Å². The number of aromatic nitrogens is 1. The van der Waals surface area contributed by atoms with Crippen molar-refractivity contribution in [3.8, 4) is 23.3 Å². The smallest absolute Gasteiger partial charge is 0.263 e. The van der Waals surface area contributed by atoms with Crippen molar-refractivity contribution in [3.05, 3.63) is 87.8 Å². The van der Waals surface area contributed by atoms with Gasteiger partial charge in [0.15, 0.2) is 11.5 Å². The van der Waals surface area contributed by atoms with E-state index in [-0.39, 0.29) is 5.56 Å². The Morgan fingerprint density at radius 2 is 1.69 bits per heavy atom. The fourth-order valence-corrected chi connectivity index (χ4v) is 3.28. The predicted molar refractivity (Wildman–Crippen MR) is 118 cm³/mol. The Hall–Kier alpha value is -4.25. The van der Waals surface area contributed by atoms with Gasteiger partial charge in [0, 0.05) is 6.20 Å². The number of carbonyl (C=O) groups is 1. The highest BCUT2D eigenvalue weighted by molar-refractivity contribution is 5.94. The van der Waals surface area contributed by atoms with E-state index in [2.05, 4.69) is 5.32 Å². The Labute approximate surface area is 185 Å². The lowest BCUT2D eigenvalue weighted by atomic mass is 10.1. The van der Waals surface area contributed by atoms with Crippen LogP contribution in [-0.2, 0) is 6.54 Å². The number of nitrogens with one attached hydrogen (secondary N) is 1. The quantitative estimate of drug-likeness (QED) is 0.586. The number of amides is 1. The summed E-state index contributed by atoms with van der Waals surface area (Å²) in [5.41, 5.74) is 0.849. The molecule has 0 radical (unpaired) electrons. The lowest BCUT2D eigenvalue weighted by Crippen LogP contribution is -2.34. The molecule has 3 aromatic rings. The van der Waals surface area contributed by atoms with E-state index >= 15 is 0 Å². The largest absolute Gasteiger partial charge is 0.493 e. The lowest BCUT2D eigenvalue weighted by molar-refractivity contribution is 0.0943. The third kappa shape index (κ3) is 4.73. The van der Waals surface area contributed by atoms with E-state index in [1.54, 1.807) is 24.4 Å². The molecule has 1 atom stereocenters. The minimum absolute atomic E-state index is 0.0591. The fourth-order valence-electron chi connectivity index (χ4n) is 3.28. The second-order valence-electron chi connectivity index (χ2n) is 6.83. The van der Waals surface area contributed by atoms with Crippen molar-refractivity contribution in [3.63, 3.8) is 0 Å². The normalized spacial score (nSPS) is 11.2. The van der Waals surface area contributed by atoms with Crippen LogP contribution in [0.5, 0.6) is 17.2 Å². The minimum Gasteiger partial charge on any atom is -0.493 e. The molecule has 1 heterocycles. The molecule has 0 aliphatic rings. The molecule has 2 aromatic carbocycles. The molecular weight excluding hydrogens is 410 g/mol. The van der Waals surface area contributed by atoms with Gasteiger partial charge in [-0.15, -0.1) is 0 Å². The summed E-state index contributed by atoms with van der Waals surface area (Å²) in [5.74, 6) is 0.411. The van der Waals surface area contributed by atoms with Gasteiger partial charge >= 0.3 is 0 Å². The first kappa shape index (κ1) is 22.4. The monoisotopic (exact) mass is 433 g/mol. The summed E-state index contributed by atoms with van der Waals surface area (Å²) < 4.78 is 17.4. The van der Waals surface area contributed by atoms with E-state index < -0.39 is 17.5 Å². The van der Waals surface area contributed by atoms with Crippen molar-refractivity contribution < 1.29 is 19.0 Å². The summed E-state index contributed by atoms with van der Waals surface area (Å²) in [7, 11) is 4.39. The number of ether oxygens (including phenoxy) is 3. The topological polar surface area (TPSA) is 103 Å². The molecule has 8 heteroatoms. The first-order chi connectivity index (χ1) is 15.5. The van der Waals surface area contributed by atoms with Gasteiger partial charge in [-0.05, 0) is 35.4 Å². The number of nitrogens with zero attached hydrogens (tertiary/aromatic N) is 2. The van der Waals surface area contributed by atoms with Gasteiger partial charge in [0.25, 0.3) is 11.5 Å². The zero-order valence-corrected chi connectivity index (χ0v) is 18.0. The zero-order chi connectivity index (χ0) is 23.1. The summed E-state index contributed by atoms with van der Waals surface area (Å²) in [6.07, 6.45) is 1.62. The van der Waals surface area contributed by atoms with Gasteiger partial charge in [0.1, 0.15) is 11.6 Å². The number of pyridine rings is 1. The average molecular weight is 433 g/mol. The van der Waals surface area contributed by atoms with Crippen LogP contribution in [0.4, 0.5) is 0 Å². The fraction of sp³-hybridized carbons (Fsp3) is 0.208. The van der Waals surface area contributed by atoms with Crippen molar-refractivity contribution in [2.45, 2.75) is 12.6 Å². The van der Waals surface area contributed by atoms with Gasteiger partial charge in [0.05, 0.1) is 33.9 Å². The summed E-state index contributed by atoms with van der Waals surface area (Å²) in [5, 5.41) is 12.3. The van der Waals surface area contributed by atoms with E-state index in [0.29, 0.717) is 29.4 Å². The summed E-state index contributed by atoms with van der Waals surface area (Å²) in [6, 6.07) is 16.7. The highest BCUT2D eigenvalue weighted by Gasteiger charge is 2.22. The Morgan fingerprint density at radius 3 is 2.25 bits per heavy atom. The van der Waals surface area contributed by atoms with Crippen LogP contribution in [-0.4, -0.2) is 31.8 Å². The number of methoxy groups -OCH3 is 3. The zero-order valence-electron chi connectivity index (χ0n) is 18.0. The molecule has 1 unspecified atom stereocenters. The molecule has 0 aliphatic heterocycles. The average Bonchev–Trinajstić information content (AvgIpc) is 2.83. The van der Waals surface area contributed by atoms with Crippen LogP contribution in [0.3, 0.4) is 0 Å². The van der Waals surface area contributed by atoms with Crippen molar-refractivity contribution in [2.24, 2.45) is 0 Å². The van der Waals surface area contributed by atoms with Gasteiger partial charge in [-0.2, -0.15) is 5.26 Å². The van der Waals surface area contributed by atoms with E-state index in [4.69, 9.17) is 14.2 Å². The number of carbonyl (C=O) groups excluding carboxylic acids is 1. The van der Waals surface area contributed by atoms with Gasteiger partial charge < -0.3 is 24.1 Å². The summed E-state index contributed by atoms with van der Waals surface area (Å²) >= 11 is 0. The molecule has 1 N–H and O–H groups in total. The van der Waals surface area contributed by atoms with Gasteiger partial charge in [-0.25, -0.2) is 0 Å². The number of benzene rings is 2. The third-order valence-electron chi connectivity index (χ3n) is 4.89. The van der Waals surface area contributed by atoms with E-state index in [1.807, 2.05) is 36.4 Å². The van der Waals surface area contributed by atoms with Crippen LogP contribution in [0.25, 0.3) is 0 Å². The van der Waals surface area contributed by atoms with Crippen molar-refractivity contribution in [1.29, 1.82) is 5.26 Å². The van der Waals surface area contributed by atoms with Gasteiger partial charge in [0.2, 0.25) is 5.75 Å². The summed E-state index contributed by atoms with van der Waals surface area (Å²) in [6.45, 7) is 0.329. The molecule has 0 fully saturated rings. The molecule has 0 bridgehead atoms. The molecular formula is C24H23N3O5. The van der Waals surface area contributed by atoms with Crippen molar-refractivity contribution in [2.75, 3.05) is 21.3 Å². The first-order valence-corrected chi connectivity index (χ1v) is 9.76. The molecule has 0 saturated heterocycles. The Morgan fingerprint density at radius 1 is 1.03 bits per heavy atom. The molecule has 0 saturated carbocycles. The van der Waals surface area contributed by atoms with Crippen molar-refractivity contribution in [1.82, 2.24) is 9.88 Å². The highest BCUT2D eigenvalue weighted by Crippen LogP contribution is 2.39. The number of hydrogen-bond acceptors (Lipinski definition) is 6. The van der Waals surface area contributed by atoms with Crippen LogP contribution in [0, 0.1) is 11.3 Å². The molecule has 1 aromatic heterocycles. The van der Waals surface area contributed by atoms with Crippen LogP contribution >= 0.6 is 0 Å². The second kappa shape index (κ2) is 10.2. The maximum absolute atomic E-state index is 12.9. The number of rotatable bonds is 8. The maximum Gasteiger partial charge on any atom is 0.263 e. The maximum atomic E-state index is 12.9. The molecule has 1 amide bonds. The molecule has 3 rings (SSSR count). The van der Waals surface area contributed by atoms with Gasteiger partial charge in [-0.1, -0.05) is 30.3 Å². The minimum atomic E-state index is -1.04. The molecule has 32 heavy (non-hydrogen) atoms. The highest BCUT2D eigenvalue weighted by atomic mass is 16.5. The molecule has 0 spiro atoms. The van der Waals surface area contributed by atoms with E-state index in [9.17, 15) is 14.9 Å². The van der Waals surface area contributed by atoms with Crippen LogP contribution in [0.2, 0.25) is 0 Å². The SMILES string of the molecule is COc1cc(C(C#N)NC(=O)c2cccn(Cc3ccccc3)c2=O)cc(OC)c1OC. The standard InChI is InChI=1S/C24H23N3O5/c1-30-20-12-17(13-21(31-2)22(20)32-3)19(14-25)26-23(28)18-10-7-11-27(24(18)29)15-16-8-5-4-6-9-16/h4-13,19H,15H2,1-3H3,(H,26,28). The molecule has 0 aliphatic carbocycles. The molecule has 164 valence electrons. The number of nitriles is 1. The van der Waals surface area contributed by atoms with Gasteiger partial charge in [-0.3, -0.25) is 9.59 Å². The van der Waals surface area contributed by atoms with Crippen LogP contribution in [0.1, 0.15) is 27.5 Å². The predicted octanol–water partition coefficient (Wildman–Crippen LogP) is 2.92. The Balaban J connectivity index is 1.89. The Bertz CT molecular complexity index is 1170.